The maximum Gasteiger partial charge on any atom is 0.0582 e. The highest BCUT2D eigenvalue weighted by molar-refractivity contribution is 7.98. The van der Waals surface area contributed by atoms with E-state index >= 15 is 0 Å². The van der Waals surface area contributed by atoms with E-state index < -0.39 is 12.0 Å². The van der Waals surface area contributed by atoms with Gasteiger partial charge in [-0.15, -0.1) is 0 Å². The van der Waals surface area contributed by atoms with E-state index in [0.29, 0.717) is 6.42 Å². The summed E-state index contributed by atoms with van der Waals surface area (Å²) in [7, 11) is 0. The lowest BCUT2D eigenvalue weighted by Gasteiger charge is -2.10. The maximum absolute atomic E-state index is 9.96. The van der Waals surface area contributed by atoms with Gasteiger partial charge in [-0.05, 0) is 18.4 Å². The predicted molar refractivity (Wildman–Crippen MR) is 36.0 cm³/mol. The second kappa shape index (κ2) is 4.64. The van der Waals surface area contributed by atoms with E-state index in [-0.39, 0.29) is 0 Å². The van der Waals surface area contributed by atoms with Gasteiger partial charge in [-0.3, -0.25) is 0 Å². The molecule has 0 aliphatic heterocycles. The number of nitrogens with two attached hydrogens (primary N) is 1. The van der Waals surface area contributed by atoms with E-state index in [9.17, 15) is 9.90 Å². The molecule has 0 saturated heterocycles. The van der Waals surface area contributed by atoms with Crippen LogP contribution in [0.2, 0.25) is 0 Å². The summed E-state index contributed by atoms with van der Waals surface area (Å²) in [6.45, 7) is 0. The number of carbonyl (C=O) groups is 1. The molecule has 0 aromatic rings. The quantitative estimate of drug-likeness (QED) is 0.545. The maximum atomic E-state index is 9.96. The molecule has 9 heavy (non-hydrogen) atoms. The Morgan fingerprint density at radius 2 is 2.44 bits per heavy atom. The average Bonchev–Trinajstić information content (AvgIpc) is 1.82. The zero-order chi connectivity index (χ0) is 7.28. The fraction of sp³-hybridized carbons (Fsp3) is 0.800. The SMILES string of the molecule is CSCC[C@@H](N)C(=O)[O-]. The molecule has 0 aromatic carbocycles. The molecular weight excluding hydrogens is 138 g/mol. The van der Waals surface area contributed by atoms with E-state index in [1.807, 2.05) is 6.26 Å². The van der Waals surface area contributed by atoms with Gasteiger partial charge < -0.3 is 15.6 Å². The molecule has 2 N–H and O–H groups in total. The zero-order valence-electron chi connectivity index (χ0n) is 5.29. The molecule has 0 aliphatic rings. The number of thioether (sulfide) groups is 1. The molecule has 1 atom stereocenters. The van der Waals surface area contributed by atoms with Crippen molar-refractivity contribution in [2.75, 3.05) is 12.0 Å². The Kier molecular flexibility index (Phi) is 4.53. The molecule has 0 rings (SSSR count). The number of carboxylic acids is 1. The highest BCUT2D eigenvalue weighted by Gasteiger charge is 2.00. The van der Waals surface area contributed by atoms with Gasteiger partial charge in [-0.25, -0.2) is 0 Å². The van der Waals surface area contributed by atoms with Gasteiger partial charge in [0.05, 0.1) is 5.97 Å². The Labute approximate surface area is 58.6 Å². The number of hydrogen-bond donors (Lipinski definition) is 1. The average molecular weight is 148 g/mol. The van der Waals surface area contributed by atoms with Crippen LogP contribution in [0.25, 0.3) is 0 Å². The molecule has 0 aromatic heterocycles. The third-order valence-electron chi connectivity index (χ3n) is 0.936. The van der Waals surface area contributed by atoms with E-state index in [2.05, 4.69) is 0 Å². The molecule has 0 spiro atoms. The number of rotatable bonds is 4. The molecule has 0 aliphatic carbocycles. The number of hydrogen-bond acceptors (Lipinski definition) is 4. The van der Waals surface area contributed by atoms with Crippen molar-refractivity contribution in [3.8, 4) is 0 Å². The predicted octanol–water partition coefficient (Wildman–Crippen LogP) is -1.18. The van der Waals surface area contributed by atoms with Crippen molar-refractivity contribution in [2.45, 2.75) is 12.5 Å². The van der Waals surface area contributed by atoms with Crippen molar-refractivity contribution in [3.63, 3.8) is 0 Å². The Balaban J connectivity index is 3.27. The Hall–Kier alpha value is -0.220. The first-order valence-corrected chi connectivity index (χ1v) is 4.03. The molecule has 0 amide bonds. The highest BCUT2D eigenvalue weighted by atomic mass is 32.2. The van der Waals surface area contributed by atoms with Crippen LogP contribution in [0.1, 0.15) is 6.42 Å². The fourth-order valence-electron chi connectivity index (χ4n) is 0.363. The summed E-state index contributed by atoms with van der Waals surface area (Å²) in [6, 6.07) is -0.794. The minimum Gasteiger partial charge on any atom is -0.548 e. The van der Waals surface area contributed by atoms with Crippen LogP contribution in [0.15, 0.2) is 0 Å². The lowest BCUT2D eigenvalue weighted by atomic mass is 10.2. The topological polar surface area (TPSA) is 66.2 Å². The van der Waals surface area contributed by atoms with Gasteiger partial charge in [0, 0.05) is 6.04 Å². The van der Waals surface area contributed by atoms with Gasteiger partial charge in [0.1, 0.15) is 0 Å². The monoisotopic (exact) mass is 148 g/mol. The summed E-state index contributed by atoms with van der Waals surface area (Å²) in [5, 5.41) is 9.96. The summed E-state index contributed by atoms with van der Waals surface area (Å²) in [5.41, 5.74) is 5.13. The molecule has 0 fully saturated rings. The number of carboxylic acid groups (broad SMARTS) is 1. The van der Waals surface area contributed by atoms with Crippen LogP contribution in [0, 0.1) is 0 Å². The summed E-state index contributed by atoms with van der Waals surface area (Å²) < 4.78 is 0. The summed E-state index contributed by atoms with van der Waals surface area (Å²) in [5.74, 6) is -0.390. The summed E-state index contributed by atoms with van der Waals surface area (Å²) >= 11 is 1.58. The normalized spacial score (nSPS) is 13.1. The Bertz CT molecular complexity index is 97.0. The summed E-state index contributed by atoms with van der Waals surface area (Å²) in [4.78, 5) is 9.96. The first-order chi connectivity index (χ1) is 4.18. The molecule has 54 valence electrons. The molecule has 0 heterocycles. The van der Waals surface area contributed by atoms with Crippen molar-refractivity contribution < 1.29 is 9.90 Å². The molecule has 0 bridgehead atoms. The van der Waals surface area contributed by atoms with Crippen molar-refractivity contribution in [2.24, 2.45) is 5.73 Å². The molecular formula is C5H10NO2S-. The van der Waals surface area contributed by atoms with Crippen LogP contribution in [0.4, 0.5) is 0 Å². The first kappa shape index (κ1) is 8.78. The smallest absolute Gasteiger partial charge is 0.0582 e. The van der Waals surface area contributed by atoms with Gasteiger partial charge in [-0.1, -0.05) is 0 Å². The van der Waals surface area contributed by atoms with Crippen LogP contribution in [-0.4, -0.2) is 24.0 Å². The Morgan fingerprint density at radius 3 is 2.78 bits per heavy atom. The van der Waals surface area contributed by atoms with E-state index in [4.69, 9.17) is 5.73 Å². The van der Waals surface area contributed by atoms with E-state index in [1.165, 1.54) is 0 Å². The van der Waals surface area contributed by atoms with Crippen LogP contribution < -0.4 is 10.8 Å². The lowest BCUT2D eigenvalue weighted by molar-refractivity contribution is -0.307. The van der Waals surface area contributed by atoms with Crippen molar-refractivity contribution in [3.05, 3.63) is 0 Å². The number of aliphatic carboxylic acids is 1. The molecule has 3 nitrogen and oxygen atoms in total. The van der Waals surface area contributed by atoms with Crippen molar-refractivity contribution >= 4 is 17.7 Å². The third kappa shape index (κ3) is 4.29. The van der Waals surface area contributed by atoms with Gasteiger partial charge >= 0.3 is 0 Å². The second-order valence-corrected chi connectivity index (χ2v) is 2.69. The van der Waals surface area contributed by atoms with Crippen LogP contribution in [-0.2, 0) is 4.79 Å². The van der Waals surface area contributed by atoms with Gasteiger partial charge in [0.2, 0.25) is 0 Å². The first-order valence-electron chi connectivity index (χ1n) is 2.64. The minimum absolute atomic E-state index is 0.490. The lowest BCUT2D eigenvalue weighted by Crippen LogP contribution is -2.42. The second-order valence-electron chi connectivity index (χ2n) is 1.71. The fourth-order valence-corrected chi connectivity index (χ4v) is 0.852. The van der Waals surface area contributed by atoms with Crippen LogP contribution >= 0.6 is 11.8 Å². The van der Waals surface area contributed by atoms with Gasteiger partial charge in [0.25, 0.3) is 0 Å². The van der Waals surface area contributed by atoms with Crippen molar-refractivity contribution in [1.29, 1.82) is 0 Å². The summed E-state index contributed by atoms with van der Waals surface area (Å²) in [6.07, 6.45) is 2.39. The minimum atomic E-state index is -1.16. The van der Waals surface area contributed by atoms with Crippen LogP contribution in [0.5, 0.6) is 0 Å². The van der Waals surface area contributed by atoms with Gasteiger partial charge in [0.15, 0.2) is 0 Å². The van der Waals surface area contributed by atoms with Crippen LogP contribution in [0.3, 0.4) is 0 Å². The molecule has 0 unspecified atom stereocenters. The molecule has 0 saturated carbocycles. The Morgan fingerprint density at radius 1 is 1.89 bits per heavy atom. The zero-order valence-corrected chi connectivity index (χ0v) is 6.11. The molecule has 0 radical (unpaired) electrons. The molecule has 4 heteroatoms. The highest BCUT2D eigenvalue weighted by Crippen LogP contribution is 1.96. The standard InChI is InChI=1S/C5H11NO2S/c1-9-3-2-4(6)5(7)8/h4H,2-3,6H2,1H3,(H,7,8)/p-1/t4-/m1/s1. The van der Waals surface area contributed by atoms with E-state index in [1.54, 1.807) is 11.8 Å². The van der Waals surface area contributed by atoms with Gasteiger partial charge in [-0.2, -0.15) is 11.8 Å². The van der Waals surface area contributed by atoms with E-state index in [0.717, 1.165) is 5.75 Å². The number of carbonyl (C=O) groups excluding carboxylic acids is 1. The van der Waals surface area contributed by atoms with Crippen molar-refractivity contribution in [1.82, 2.24) is 0 Å². The largest absolute Gasteiger partial charge is 0.548 e. The third-order valence-corrected chi connectivity index (χ3v) is 1.58.